The first-order valence-corrected chi connectivity index (χ1v) is 4.35. The molecule has 0 atom stereocenters. The van der Waals surface area contributed by atoms with Gasteiger partial charge in [0.2, 0.25) is 0 Å². The average molecular weight is 203 g/mol. The van der Waals surface area contributed by atoms with Crippen LogP contribution in [0, 0.1) is 11.3 Å². The summed E-state index contributed by atoms with van der Waals surface area (Å²) < 4.78 is 3.31. The van der Waals surface area contributed by atoms with Gasteiger partial charge in [0.25, 0.3) is 5.82 Å². The topological polar surface area (TPSA) is 98.3 Å². The molecule has 0 unspecified atom stereocenters. The SMILES string of the molecule is N#Cc1ncn(CCn2cc(N)cn2)n1. The number of nitrogens with two attached hydrogens (primary N) is 1. The number of nitrogen functional groups attached to an aromatic ring is 1. The lowest BCUT2D eigenvalue weighted by Gasteiger charge is -2.00. The van der Waals surface area contributed by atoms with E-state index in [0.29, 0.717) is 18.8 Å². The van der Waals surface area contributed by atoms with Gasteiger partial charge in [-0.05, 0) is 0 Å². The maximum absolute atomic E-state index is 8.52. The second-order valence-electron chi connectivity index (χ2n) is 2.98. The Labute approximate surface area is 85.7 Å². The summed E-state index contributed by atoms with van der Waals surface area (Å²) in [5.74, 6) is 0.176. The quantitative estimate of drug-likeness (QED) is 0.733. The Kier molecular flexibility index (Phi) is 2.33. The Balaban J connectivity index is 1.96. The fourth-order valence-electron chi connectivity index (χ4n) is 1.16. The predicted octanol–water partition coefficient (Wildman–Crippen LogP) is -0.371. The van der Waals surface area contributed by atoms with Crippen molar-refractivity contribution in [2.45, 2.75) is 13.1 Å². The molecule has 2 rings (SSSR count). The molecule has 7 nitrogen and oxygen atoms in total. The van der Waals surface area contributed by atoms with Gasteiger partial charge in [0, 0.05) is 6.20 Å². The highest BCUT2D eigenvalue weighted by molar-refractivity contribution is 5.30. The minimum Gasteiger partial charge on any atom is -0.396 e. The molecule has 0 amide bonds. The number of hydrogen-bond acceptors (Lipinski definition) is 5. The lowest BCUT2D eigenvalue weighted by Crippen LogP contribution is -2.08. The maximum atomic E-state index is 8.52. The zero-order valence-corrected chi connectivity index (χ0v) is 7.91. The Hall–Kier alpha value is -2.36. The first-order chi connectivity index (χ1) is 7.28. The Bertz CT molecular complexity index is 489. The van der Waals surface area contributed by atoms with Crippen molar-refractivity contribution in [3.05, 3.63) is 24.5 Å². The largest absolute Gasteiger partial charge is 0.396 e. The predicted molar refractivity (Wildman–Crippen MR) is 51.4 cm³/mol. The Morgan fingerprint density at radius 2 is 2.20 bits per heavy atom. The highest BCUT2D eigenvalue weighted by atomic mass is 15.4. The third-order valence-electron chi connectivity index (χ3n) is 1.85. The molecule has 15 heavy (non-hydrogen) atoms. The van der Waals surface area contributed by atoms with Gasteiger partial charge in [0.15, 0.2) is 0 Å². The average Bonchev–Trinajstić information content (AvgIpc) is 2.83. The summed E-state index contributed by atoms with van der Waals surface area (Å²) in [6, 6.07) is 1.86. The molecule has 2 aromatic heterocycles. The first-order valence-electron chi connectivity index (χ1n) is 4.35. The van der Waals surface area contributed by atoms with Crippen LogP contribution in [-0.2, 0) is 13.1 Å². The summed E-state index contributed by atoms with van der Waals surface area (Å²) in [5, 5.41) is 16.5. The van der Waals surface area contributed by atoms with E-state index >= 15 is 0 Å². The molecule has 0 aliphatic rings. The van der Waals surface area contributed by atoms with Crippen molar-refractivity contribution >= 4 is 5.69 Å². The molecule has 76 valence electrons. The van der Waals surface area contributed by atoms with Gasteiger partial charge in [-0.15, -0.1) is 5.10 Å². The molecule has 0 spiro atoms. The van der Waals surface area contributed by atoms with Crippen LogP contribution in [0.15, 0.2) is 18.7 Å². The van der Waals surface area contributed by atoms with E-state index in [9.17, 15) is 0 Å². The fraction of sp³-hybridized carbons (Fsp3) is 0.250. The van der Waals surface area contributed by atoms with Crippen LogP contribution >= 0.6 is 0 Å². The molecule has 0 aliphatic heterocycles. The highest BCUT2D eigenvalue weighted by Gasteiger charge is 1.99. The lowest BCUT2D eigenvalue weighted by molar-refractivity contribution is 0.498. The molecule has 0 aliphatic carbocycles. The lowest BCUT2D eigenvalue weighted by atomic mass is 10.6. The second-order valence-corrected chi connectivity index (χ2v) is 2.98. The van der Waals surface area contributed by atoms with Crippen molar-refractivity contribution < 1.29 is 0 Å². The molecule has 2 N–H and O–H groups in total. The van der Waals surface area contributed by atoms with Crippen molar-refractivity contribution in [1.29, 1.82) is 5.26 Å². The van der Waals surface area contributed by atoms with Crippen molar-refractivity contribution in [3.63, 3.8) is 0 Å². The number of aryl methyl sites for hydroxylation is 2. The summed E-state index contributed by atoms with van der Waals surface area (Å²) in [6.07, 6.45) is 4.84. The van der Waals surface area contributed by atoms with Gasteiger partial charge in [-0.25, -0.2) is 9.67 Å². The molecule has 0 saturated heterocycles. The van der Waals surface area contributed by atoms with Crippen LogP contribution in [0.25, 0.3) is 0 Å². The van der Waals surface area contributed by atoms with E-state index < -0.39 is 0 Å². The smallest absolute Gasteiger partial charge is 0.252 e. The maximum Gasteiger partial charge on any atom is 0.252 e. The molecule has 0 bridgehead atoms. The van der Waals surface area contributed by atoms with Crippen LogP contribution in [0.2, 0.25) is 0 Å². The van der Waals surface area contributed by atoms with Crippen LogP contribution in [0.3, 0.4) is 0 Å². The summed E-state index contributed by atoms with van der Waals surface area (Å²) >= 11 is 0. The molecule has 0 saturated carbocycles. The summed E-state index contributed by atoms with van der Waals surface area (Å²) in [4.78, 5) is 3.79. The zero-order valence-electron chi connectivity index (χ0n) is 7.91. The van der Waals surface area contributed by atoms with Gasteiger partial charge in [-0.2, -0.15) is 10.4 Å². The van der Waals surface area contributed by atoms with Gasteiger partial charge >= 0.3 is 0 Å². The number of rotatable bonds is 3. The number of anilines is 1. The summed E-state index contributed by atoms with van der Waals surface area (Å²) in [6.45, 7) is 1.25. The van der Waals surface area contributed by atoms with Gasteiger partial charge < -0.3 is 5.73 Å². The van der Waals surface area contributed by atoms with E-state index in [1.807, 2.05) is 6.07 Å². The third-order valence-corrected chi connectivity index (χ3v) is 1.85. The monoisotopic (exact) mass is 203 g/mol. The van der Waals surface area contributed by atoms with E-state index in [4.69, 9.17) is 11.0 Å². The number of nitriles is 1. The standard InChI is InChI=1S/C8H9N7/c9-3-8-11-6-15(13-8)2-1-14-5-7(10)4-12-14/h4-6H,1-2,10H2. The number of hydrogen-bond donors (Lipinski definition) is 1. The molecule has 2 heterocycles. The Morgan fingerprint density at radius 1 is 1.40 bits per heavy atom. The molecule has 2 aromatic rings. The summed E-state index contributed by atoms with van der Waals surface area (Å²) in [5.41, 5.74) is 6.14. The van der Waals surface area contributed by atoms with E-state index in [2.05, 4.69) is 15.2 Å². The third kappa shape index (κ3) is 2.11. The van der Waals surface area contributed by atoms with Crippen molar-refractivity contribution in [2.24, 2.45) is 0 Å². The number of nitrogens with zero attached hydrogens (tertiary/aromatic N) is 6. The Morgan fingerprint density at radius 3 is 2.80 bits per heavy atom. The molecular weight excluding hydrogens is 194 g/mol. The normalized spacial score (nSPS) is 10.1. The van der Waals surface area contributed by atoms with E-state index in [0.717, 1.165) is 0 Å². The molecule has 7 heteroatoms. The minimum atomic E-state index is 0.176. The fourth-order valence-corrected chi connectivity index (χ4v) is 1.16. The highest BCUT2D eigenvalue weighted by Crippen LogP contribution is 1.98. The van der Waals surface area contributed by atoms with Gasteiger partial charge in [-0.3, -0.25) is 4.68 Å². The molecular formula is C8H9N7. The van der Waals surface area contributed by atoms with E-state index in [1.165, 1.54) is 6.33 Å². The van der Waals surface area contributed by atoms with Crippen LogP contribution in [0.4, 0.5) is 5.69 Å². The van der Waals surface area contributed by atoms with Crippen molar-refractivity contribution in [2.75, 3.05) is 5.73 Å². The van der Waals surface area contributed by atoms with Crippen LogP contribution in [0.1, 0.15) is 5.82 Å². The van der Waals surface area contributed by atoms with Crippen molar-refractivity contribution in [3.8, 4) is 6.07 Å². The van der Waals surface area contributed by atoms with Crippen LogP contribution in [0.5, 0.6) is 0 Å². The molecule has 0 radical (unpaired) electrons. The van der Waals surface area contributed by atoms with E-state index in [1.54, 1.807) is 21.8 Å². The van der Waals surface area contributed by atoms with Crippen molar-refractivity contribution in [1.82, 2.24) is 24.5 Å². The number of aromatic nitrogens is 5. The van der Waals surface area contributed by atoms with Gasteiger partial charge in [-0.1, -0.05) is 0 Å². The second kappa shape index (κ2) is 3.79. The van der Waals surface area contributed by atoms with Crippen LogP contribution < -0.4 is 5.73 Å². The molecule has 0 fully saturated rings. The first kappa shape index (κ1) is 9.21. The van der Waals surface area contributed by atoms with Crippen LogP contribution in [-0.4, -0.2) is 24.5 Å². The minimum absolute atomic E-state index is 0.176. The zero-order chi connectivity index (χ0) is 10.7. The molecule has 0 aromatic carbocycles. The van der Waals surface area contributed by atoms with E-state index in [-0.39, 0.29) is 5.82 Å². The van der Waals surface area contributed by atoms with Gasteiger partial charge in [0.1, 0.15) is 12.4 Å². The summed E-state index contributed by atoms with van der Waals surface area (Å²) in [7, 11) is 0. The van der Waals surface area contributed by atoms with Gasteiger partial charge in [0.05, 0.1) is 25.0 Å².